The van der Waals surface area contributed by atoms with Crippen molar-refractivity contribution in [1.82, 2.24) is 20.3 Å². The van der Waals surface area contributed by atoms with Crippen LogP contribution in [0.4, 0.5) is 23.1 Å². The molecular formula is C23H21ClN6O3. The van der Waals surface area contributed by atoms with Gasteiger partial charge in [-0.1, -0.05) is 23.7 Å². The summed E-state index contributed by atoms with van der Waals surface area (Å²) in [5, 5.41) is 9.90. The molecule has 4 aromatic rings. The van der Waals surface area contributed by atoms with E-state index in [2.05, 4.69) is 30.9 Å². The zero-order chi connectivity index (χ0) is 23.5. The van der Waals surface area contributed by atoms with Crippen molar-refractivity contribution in [2.45, 2.75) is 6.92 Å². The van der Waals surface area contributed by atoms with Crippen LogP contribution in [0.25, 0.3) is 10.9 Å². The van der Waals surface area contributed by atoms with Gasteiger partial charge in [-0.3, -0.25) is 4.79 Å². The van der Waals surface area contributed by atoms with Crippen molar-refractivity contribution in [3.05, 3.63) is 70.5 Å². The van der Waals surface area contributed by atoms with Crippen LogP contribution in [-0.4, -0.2) is 41.0 Å². The lowest BCUT2D eigenvalue weighted by molar-refractivity contribution is 0.0602. The Kier molecular flexibility index (Phi) is 6.14. The summed E-state index contributed by atoms with van der Waals surface area (Å²) in [5.74, 6) is 0.0150. The number of nitrogens with one attached hydrogen (secondary N) is 4. The quantitative estimate of drug-likeness (QED) is 0.309. The summed E-state index contributed by atoms with van der Waals surface area (Å²) in [7, 11) is 2.92. The number of aromatic amines is 1. The Hall–Kier alpha value is -4.11. The Bertz CT molecular complexity index is 1370. The molecule has 0 aliphatic rings. The summed E-state index contributed by atoms with van der Waals surface area (Å²) >= 11 is 6.29. The van der Waals surface area contributed by atoms with Crippen LogP contribution >= 0.6 is 11.6 Å². The van der Waals surface area contributed by atoms with E-state index in [4.69, 9.17) is 16.3 Å². The second kappa shape index (κ2) is 9.17. The van der Waals surface area contributed by atoms with E-state index in [1.807, 2.05) is 25.1 Å². The Morgan fingerprint density at radius 1 is 1.12 bits per heavy atom. The molecule has 33 heavy (non-hydrogen) atoms. The minimum Gasteiger partial charge on any atom is -0.465 e. The first-order chi connectivity index (χ1) is 15.9. The number of carbonyl (C=O) groups is 2. The first kappa shape index (κ1) is 22.1. The van der Waals surface area contributed by atoms with Gasteiger partial charge in [-0.2, -0.15) is 4.98 Å². The van der Waals surface area contributed by atoms with Crippen molar-refractivity contribution in [2.24, 2.45) is 0 Å². The molecule has 0 atom stereocenters. The van der Waals surface area contributed by atoms with Gasteiger partial charge in [0.15, 0.2) is 5.82 Å². The SMILES string of the molecule is CNC(=O)c1ccccc1Nc1nc(Nc2ccc3c(C(=O)OC)c(C)[nH]c3c2)ncc1Cl. The van der Waals surface area contributed by atoms with E-state index < -0.39 is 5.97 Å². The summed E-state index contributed by atoms with van der Waals surface area (Å²) in [5.41, 5.74) is 3.71. The fourth-order valence-electron chi connectivity index (χ4n) is 3.47. The molecule has 0 aliphatic heterocycles. The van der Waals surface area contributed by atoms with Crippen LogP contribution in [0, 0.1) is 6.92 Å². The number of nitrogens with zero attached hydrogens (tertiary/aromatic N) is 2. The highest BCUT2D eigenvalue weighted by molar-refractivity contribution is 6.33. The number of ether oxygens (including phenoxy) is 1. The van der Waals surface area contributed by atoms with Crippen LogP contribution < -0.4 is 16.0 Å². The van der Waals surface area contributed by atoms with E-state index >= 15 is 0 Å². The molecule has 0 saturated heterocycles. The second-order valence-electron chi connectivity index (χ2n) is 7.14. The van der Waals surface area contributed by atoms with Gasteiger partial charge in [0.05, 0.1) is 30.1 Å². The first-order valence-corrected chi connectivity index (χ1v) is 10.4. The van der Waals surface area contributed by atoms with E-state index in [9.17, 15) is 9.59 Å². The molecule has 2 heterocycles. The highest BCUT2D eigenvalue weighted by Crippen LogP contribution is 2.29. The molecule has 0 fully saturated rings. The maximum Gasteiger partial charge on any atom is 0.340 e. The number of methoxy groups -OCH3 is 1. The predicted molar refractivity (Wildman–Crippen MR) is 128 cm³/mol. The third kappa shape index (κ3) is 4.44. The molecule has 10 heteroatoms. The summed E-state index contributed by atoms with van der Waals surface area (Å²) in [6, 6.07) is 12.5. The van der Waals surface area contributed by atoms with Gasteiger partial charge < -0.3 is 25.7 Å². The van der Waals surface area contributed by atoms with Crippen molar-refractivity contribution in [2.75, 3.05) is 24.8 Å². The summed E-state index contributed by atoms with van der Waals surface area (Å²) in [6.45, 7) is 1.82. The zero-order valence-corrected chi connectivity index (χ0v) is 18.9. The maximum absolute atomic E-state index is 12.2. The number of anilines is 4. The van der Waals surface area contributed by atoms with Crippen molar-refractivity contribution >= 4 is 57.5 Å². The van der Waals surface area contributed by atoms with Crippen molar-refractivity contribution in [1.29, 1.82) is 0 Å². The van der Waals surface area contributed by atoms with Crippen LogP contribution in [-0.2, 0) is 4.74 Å². The third-order valence-electron chi connectivity index (χ3n) is 5.03. The lowest BCUT2D eigenvalue weighted by Crippen LogP contribution is -2.19. The lowest BCUT2D eigenvalue weighted by Gasteiger charge is -2.13. The van der Waals surface area contributed by atoms with E-state index in [1.165, 1.54) is 13.3 Å². The topological polar surface area (TPSA) is 121 Å². The number of esters is 1. The number of aromatic nitrogens is 3. The minimum absolute atomic E-state index is 0.234. The molecule has 0 unspecified atom stereocenters. The molecule has 9 nitrogen and oxygen atoms in total. The zero-order valence-electron chi connectivity index (χ0n) is 18.1. The van der Waals surface area contributed by atoms with Crippen LogP contribution in [0.5, 0.6) is 0 Å². The van der Waals surface area contributed by atoms with Crippen molar-refractivity contribution in [3.8, 4) is 0 Å². The number of hydrogen-bond acceptors (Lipinski definition) is 7. The largest absolute Gasteiger partial charge is 0.465 e. The van der Waals surface area contributed by atoms with Crippen LogP contribution in [0.3, 0.4) is 0 Å². The van der Waals surface area contributed by atoms with Gasteiger partial charge in [-0.05, 0) is 37.3 Å². The molecular weight excluding hydrogens is 444 g/mol. The Balaban J connectivity index is 1.62. The van der Waals surface area contributed by atoms with Crippen molar-refractivity contribution < 1.29 is 14.3 Å². The van der Waals surface area contributed by atoms with Crippen molar-refractivity contribution in [3.63, 3.8) is 0 Å². The molecule has 2 aromatic heterocycles. The van der Waals surface area contributed by atoms with Gasteiger partial charge >= 0.3 is 5.97 Å². The number of H-pyrrole nitrogens is 1. The maximum atomic E-state index is 12.2. The molecule has 4 rings (SSSR count). The first-order valence-electron chi connectivity index (χ1n) is 9.99. The van der Waals surface area contributed by atoms with Crippen LogP contribution in [0.15, 0.2) is 48.7 Å². The number of rotatable bonds is 6. The fourth-order valence-corrected chi connectivity index (χ4v) is 3.61. The second-order valence-corrected chi connectivity index (χ2v) is 7.55. The van der Waals surface area contributed by atoms with Gasteiger partial charge in [0.25, 0.3) is 5.91 Å². The predicted octanol–water partition coefficient (Wildman–Crippen LogP) is 4.55. The molecule has 4 N–H and O–H groups in total. The smallest absolute Gasteiger partial charge is 0.340 e. The highest BCUT2D eigenvalue weighted by atomic mass is 35.5. The summed E-state index contributed by atoms with van der Waals surface area (Å²) in [4.78, 5) is 36.1. The van der Waals surface area contributed by atoms with E-state index in [0.29, 0.717) is 39.3 Å². The van der Waals surface area contributed by atoms with E-state index in [1.54, 1.807) is 31.3 Å². The van der Waals surface area contributed by atoms with Gasteiger partial charge in [-0.15, -0.1) is 0 Å². The highest BCUT2D eigenvalue weighted by Gasteiger charge is 2.17. The lowest BCUT2D eigenvalue weighted by atomic mass is 10.1. The summed E-state index contributed by atoms with van der Waals surface area (Å²) < 4.78 is 4.87. The van der Waals surface area contributed by atoms with Gasteiger partial charge in [0.1, 0.15) is 5.02 Å². The van der Waals surface area contributed by atoms with Gasteiger partial charge in [0.2, 0.25) is 5.95 Å². The van der Waals surface area contributed by atoms with E-state index in [0.717, 1.165) is 16.6 Å². The monoisotopic (exact) mass is 464 g/mol. The molecule has 0 saturated carbocycles. The Morgan fingerprint density at radius 2 is 1.91 bits per heavy atom. The van der Waals surface area contributed by atoms with Gasteiger partial charge in [0, 0.05) is 29.3 Å². The number of para-hydroxylation sites is 1. The number of aryl methyl sites for hydroxylation is 1. The number of hydrogen-bond donors (Lipinski definition) is 4. The number of carbonyl (C=O) groups excluding carboxylic acids is 2. The van der Waals surface area contributed by atoms with Crippen LogP contribution in [0.1, 0.15) is 26.4 Å². The Labute approximate surface area is 194 Å². The van der Waals surface area contributed by atoms with Crippen LogP contribution in [0.2, 0.25) is 5.02 Å². The molecule has 0 aliphatic carbocycles. The van der Waals surface area contributed by atoms with Gasteiger partial charge in [-0.25, -0.2) is 9.78 Å². The third-order valence-corrected chi connectivity index (χ3v) is 5.30. The fraction of sp³-hybridized carbons (Fsp3) is 0.130. The summed E-state index contributed by atoms with van der Waals surface area (Å²) in [6.07, 6.45) is 1.47. The average Bonchev–Trinajstić information content (AvgIpc) is 3.15. The number of halogens is 1. The normalized spacial score (nSPS) is 10.7. The number of fused-ring (bicyclic) bond motifs is 1. The molecule has 1 amide bonds. The minimum atomic E-state index is -0.395. The molecule has 0 radical (unpaired) electrons. The molecule has 168 valence electrons. The average molecular weight is 465 g/mol. The Morgan fingerprint density at radius 3 is 2.67 bits per heavy atom. The molecule has 0 bridgehead atoms. The molecule has 2 aromatic carbocycles. The molecule has 0 spiro atoms. The number of amides is 1. The van der Waals surface area contributed by atoms with E-state index in [-0.39, 0.29) is 5.91 Å². The standard InChI is InChI=1S/C23H21ClN6O3/c1-12-19(22(32)33-3)14-9-8-13(10-18(14)27-12)28-23-26-11-16(24)20(30-23)29-17-7-5-4-6-15(17)21(31)25-2/h4-11,27H,1-3H3,(H,25,31)(H2,26,28,29,30). The number of benzene rings is 2.